The van der Waals surface area contributed by atoms with Gasteiger partial charge < -0.3 is 15.3 Å². The molecule has 4 heteroatoms. The molecule has 1 aliphatic heterocycles. The molecule has 1 aromatic carbocycles. The lowest BCUT2D eigenvalue weighted by atomic mass is 9.81. The molecule has 2 unspecified atom stereocenters. The highest BCUT2D eigenvalue weighted by Crippen LogP contribution is 2.31. The highest BCUT2D eigenvalue weighted by Gasteiger charge is 2.31. The van der Waals surface area contributed by atoms with Gasteiger partial charge in [0, 0.05) is 26.3 Å². The summed E-state index contributed by atoms with van der Waals surface area (Å²) >= 11 is 0. The molecule has 98 valence electrons. The van der Waals surface area contributed by atoms with Gasteiger partial charge in [0.2, 0.25) is 0 Å². The van der Waals surface area contributed by atoms with Crippen LogP contribution in [0.4, 0.5) is 5.69 Å². The summed E-state index contributed by atoms with van der Waals surface area (Å²) in [6.07, 6.45) is 0.887. The standard InChI is InChI=1S/C14H20N2O2/c1-16(2)11-5-3-10(4-6-11)12-7-8-15-9-13(12)14(17)18/h3-6,12-13,15H,7-9H2,1-2H3,(H,17,18). The average Bonchev–Trinajstić information content (AvgIpc) is 2.39. The lowest BCUT2D eigenvalue weighted by Gasteiger charge is -2.29. The number of carboxylic acid groups (broad SMARTS) is 1. The van der Waals surface area contributed by atoms with Crippen molar-refractivity contribution in [2.24, 2.45) is 5.92 Å². The first-order chi connectivity index (χ1) is 8.59. The predicted octanol–water partition coefficient (Wildman–Crippen LogP) is 1.53. The Morgan fingerprint density at radius 1 is 1.33 bits per heavy atom. The fourth-order valence-electron chi connectivity index (χ4n) is 2.54. The maximum Gasteiger partial charge on any atom is 0.308 e. The van der Waals surface area contributed by atoms with E-state index < -0.39 is 5.97 Å². The van der Waals surface area contributed by atoms with Gasteiger partial charge in [-0.05, 0) is 36.6 Å². The van der Waals surface area contributed by atoms with Crippen LogP contribution in [-0.4, -0.2) is 38.3 Å². The van der Waals surface area contributed by atoms with Gasteiger partial charge in [0.25, 0.3) is 0 Å². The SMILES string of the molecule is CN(C)c1ccc(C2CCNCC2C(=O)O)cc1. The van der Waals surface area contributed by atoms with Crippen molar-refractivity contribution in [3.05, 3.63) is 29.8 Å². The fourth-order valence-corrected chi connectivity index (χ4v) is 2.54. The second-order valence-electron chi connectivity index (χ2n) is 5.03. The Labute approximate surface area is 108 Å². The summed E-state index contributed by atoms with van der Waals surface area (Å²) in [7, 11) is 4.00. The van der Waals surface area contributed by atoms with Crippen LogP contribution in [0, 0.1) is 5.92 Å². The van der Waals surface area contributed by atoms with Crippen molar-refractivity contribution in [2.75, 3.05) is 32.1 Å². The van der Waals surface area contributed by atoms with Crippen molar-refractivity contribution in [1.82, 2.24) is 5.32 Å². The molecule has 0 bridgehead atoms. The van der Waals surface area contributed by atoms with Gasteiger partial charge in [0.05, 0.1) is 5.92 Å². The average molecular weight is 248 g/mol. The molecular weight excluding hydrogens is 228 g/mol. The highest BCUT2D eigenvalue weighted by atomic mass is 16.4. The number of anilines is 1. The summed E-state index contributed by atoms with van der Waals surface area (Å²) in [4.78, 5) is 13.3. The lowest BCUT2D eigenvalue weighted by Crippen LogP contribution is -2.39. The van der Waals surface area contributed by atoms with Gasteiger partial charge >= 0.3 is 5.97 Å². The van der Waals surface area contributed by atoms with E-state index in [9.17, 15) is 9.90 Å². The van der Waals surface area contributed by atoms with Gasteiger partial charge in [-0.1, -0.05) is 12.1 Å². The number of rotatable bonds is 3. The molecule has 4 nitrogen and oxygen atoms in total. The van der Waals surface area contributed by atoms with Crippen molar-refractivity contribution in [2.45, 2.75) is 12.3 Å². The molecule has 0 spiro atoms. The van der Waals surface area contributed by atoms with E-state index in [4.69, 9.17) is 0 Å². The van der Waals surface area contributed by atoms with Crippen molar-refractivity contribution in [3.8, 4) is 0 Å². The Morgan fingerprint density at radius 2 is 2.00 bits per heavy atom. The summed E-state index contributed by atoms with van der Waals surface area (Å²) in [5, 5.41) is 12.4. The minimum absolute atomic E-state index is 0.125. The van der Waals surface area contributed by atoms with Crippen molar-refractivity contribution < 1.29 is 9.90 Å². The summed E-state index contributed by atoms with van der Waals surface area (Å²) in [6, 6.07) is 8.22. The fraction of sp³-hybridized carbons (Fsp3) is 0.500. The van der Waals surface area contributed by atoms with Crippen LogP contribution in [0.1, 0.15) is 17.9 Å². The first-order valence-corrected chi connectivity index (χ1v) is 6.30. The number of piperidine rings is 1. The van der Waals surface area contributed by atoms with Crippen LogP contribution in [0.5, 0.6) is 0 Å². The Balaban J connectivity index is 2.20. The number of nitrogens with one attached hydrogen (secondary N) is 1. The number of aliphatic carboxylic acids is 1. The third-order valence-electron chi connectivity index (χ3n) is 3.64. The Kier molecular flexibility index (Phi) is 3.87. The smallest absolute Gasteiger partial charge is 0.308 e. The molecule has 0 aromatic heterocycles. The van der Waals surface area contributed by atoms with Crippen LogP contribution in [0.15, 0.2) is 24.3 Å². The van der Waals surface area contributed by atoms with Crippen molar-refractivity contribution in [3.63, 3.8) is 0 Å². The first kappa shape index (κ1) is 12.9. The molecular formula is C14H20N2O2. The van der Waals surface area contributed by atoms with E-state index in [2.05, 4.69) is 29.6 Å². The topological polar surface area (TPSA) is 52.6 Å². The molecule has 1 aliphatic rings. The van der Waals surface area contributed by atoms with Gasteiger partial charge in [-0.15, -0.1) is 0 Å². The van der Waals surface area contributed by atoms with Crippen LogP contribution < -0.4 is 10.2 Å². The number of hydrogen-bond acceptors (Lipinski definition) is 3. The molecule has 2 atom stereocenters. The monoisotopic (exact) mass is 248 g/mol. The van der Waals surface area contributed by atoms with E-state index in [1.165, 1.54) is 0 Å². The van der Waals surface area contributed by atoms with Crippen molar-refractivity contribution >= 4 is 11.7 Å². The summed E-state index contributed by atoms with van der Waals surface area (Å²) < 4.78 is 0. The van der Waals surface area contributed by atoms with Crippen LogP contribution in [0.3, 0.4) is 0 Å². The van der Waals surface area contributed by atoms with Crippen LogP contribution in [0.2, 0.25) is 0 Å². The minimum Gasteiger partial charge on any atom is -0.481 e. The van der Waals surface area contributed by atoms with Gasteiger partial charge in [0.15, 0.2) is 0 Å². The summed E-state index contributed by atoms with van der Waals surface area (Å²) in [6.45, 7) is 1.46. The number of carbonyl (C=O) groups is 1. The normalized spacial score (nSPS) is 23.7. The van der Waals surface area contributed by atoms with E-state index in [1.807, 2.05) is 19.0 Å². The van der Waals surface area contributed by atoms with Crippen LogP contribution >= 0.6 is 0 Å². The molecule has 1 fully saturated rings. The quantitative estimate of drug-likeness (QED) is 0.852. The molecule has 2 N–H and O–H groups in total. The van der Waals surface area contributed by atoms with Gasteiger partial charge in [-0.2, -0.15) is 0 Å². The number of carboxylic acids is 1. The molecule has 1 heterocycles. The minimum atomic E-state index is -0.705. The van der Waals surface area contributed by atoms with Gasteiger partial charge in [-0.25, -0.2) is 0 Å². The zero-order valence-corrected chi connectivity index (χ0v) is 10.9. The molecule has 0 radical (unpaired) electrons. The molecule has 1 aromatic rings. The van der Waals surface area contributed by atoms with E-state index in [0.717, 1.165) is 24.2 Å². The second-order valence-corrected chi connectivity index (χ2v) is 5.03. The first-order valence-electron chi connectivity index (χ1n) is 6.30. The van der Waals surface area contributed by atoms with E-state index in [-0.39, 0.29) is 11.8 Å². The number of hydrogen-bond donors (Lipinski definition) is 2. The zero-order chi connectivity index (χ0) is 13.1. The molecule has 0 saturated carbocycles. The van der Waals surface area contributed by atoms with Gasteiger partial charge in [-0.3, -0.25) is 4.79 Å². The largest absolute Gasteiger partial charge is 0.481 e. The summed E-state index contributed by atoms with van der Waals surface area (Å²) in [5.74, 6) is -0.896. The third-order valence-corrected chi connectivity index (χ3v) is 3.64. The predicted molar refractivity (Wildman–Crippen MR) is 72.1 cm³/mol. The Bertz CT molecular complexity index is 414. The number of nitrogens with zero attached hydrogens (tertiary/aromatic N) is 1. The molecule has 0 amide bonds. The lowest BCUT2D eigenvalue weighted by molar-refractivity contribution is -0.142. The van der Waals surface area contributed by atoms with E-state index in [1.54, 1.807) is 0 Å². The maximum atomic E-state index is 11.3. The Hall–Kier alpha value is -1.55. The maximum absolute atomic E-state index is 11.3. The number of benzene rings is 1. The van der Waals surface area contributed by atoms with E-state index in [0.29, 0.717) is 6.54 Å². The molecule has 1 saturated heterocycles. The van der Waals surface area contributed by atoms with Crippen LogP contribution in [-0.2, 0) is 4.79 Å². The third kappa shape index (κ3) is 2.64. The zero-order valence-electron chi connectivity index (χ0n) is 10.9. The summed E-state index contributed by atoms with van der Waals surface area (Å²) in [5.41, 5.74) is 2.27. The highest BCUT2D eigenvalue weighted by molar-refractivity contribution is 5.72. The Morgan fingerprint density at radius 3 is 2.56 bits per heavy atom. The van der Waals surface area contributed by atoms with Crippen LogP contribution in [0.25, 0.3) is 0 Å². The van der Waals surface area contributed by atoms with E-state index >= 15 is 0 Å². The molecule has 18 heavy (non-hydrogen) atoms. The van der Waals surface area contributed by atoms with Crippen molar-refractivity contribution in [1.29, 1.82) is 0 Å². The van der Waals surface area contributed by atoms with Gasteiger partial charge in [0.1, 0.15) is 0 Å². The second kappa shape index (κ2) is 5.40. The molecule has 0 aliphatic carbocycles. The molecule has 2 rings (SSSR count).